The molecule has 0 bridgehead atoms. The van der Waals surface area contributed by atoms with Crippen molar-refractivity contribution in [1.29, 1.82) is 0 Å². The average molecular weight is 613 g/mol. The molecule has 10 rings (SSSR count). The lowest BCUT2D eigenvalue weighted by Crippen LogP contribution is -2.14. The predicted molar refractivity (Wildman–Crippen MR) is 202 cm³/mol. The van der Waals surface area contributed by atoms with Crippen LogP contribution >= 0.6 is 0 Å². The van der Waals surface area contributed by atoms with Crippen LogP contribution < -0.4 is 0 Å². The van der Waals surface area contributed by atoms with Gasteiger partial charge >= 0.3 is 0 Å². The van der Waals surface area contributed by atoms with Gasteiger partial charge in [0.25, 0.3) is 0 Å². The number of pyridine rings is 1. The molecule has 0 amide bonds. The highest BCUT2D eigenvalue weighted by Gasteiger charge is 2.35. The highest BCUT2D eigenvalue weighted by molar-refractivity contribution is 6.22. The molecule has 0 spiro atoms. The Morgan fingerprint density at radius 1 is 0.479 bits per heavy atom. The summed E-state index contributed by atoms with van der Waals surface area (Å²) in [5.74, 6) is 0. The molecular formula is C46H32N2. The molecule has 2 heterocycles. The first-order valence-electron chi connectivity index (χ1n) is 16.7. The Morgan fingerprint density at radius 2 is 1.19 bits per heavy atom. The highest BCUT2D eigenvalue weighted by atomic mass is 15.0. The van der Waals surface area contributed by atoms with E-state index in [0.29, 0.717) is 0 Å². The van der Waals surface area contributed by atoms with Gasteiger partial charge in [-0.2, -0.15) is 0 Å². The summed E-state index contributed by atoms with van der Waals surface area (Å²) < 4.78 is 2.39. The lowest BCUT2D eigenvalue weighted by molar-refractivity contribution is 0.660. The monoisotopic (exact) mass is 612 g/mol. The van der Waals surface area contributed by atoms with Gasteiger partial charge in [-0.3, -0.25) is 0 Å². The van der Waals surface area contributed by atoms with Crippen LogP contribution in [0.4, 0.5) is 0 Å². The molecular weight excluding hydrogens is 581 g/mol. The van der Waals surface area contributed by atoms with Crippen molar-refractivity contribution in [3.8, 4) is 39.2 Å². The van der Waals surface area contributed by atoms with E-state index in [9.17, 15) is 0 Å². The van der Waals surface area contributed by atoms with Crippen LogP contribution in [0.25, 0.3) is 82.7 Å². The van der Waals surface area contributed by atoms with E-state index >= 15 is 0 Å². The van der Waals surface area contributed by atoms with Crippen molar-refractivity contribution in [2.45, 2.75) is 19.3 Å². The summed E-state index contributed by atoms with van der Waals surface area (Å²) in [4.78, 5) is 5.27. The van der Waals surface area contributed by atoms with E-state index in [1.807, 2.05) is 0 Å². The van der Waals surface area contributed by atoms with E-state index < -0.39 is 0 Å². The zero-order chi connectivity index (χ0) is 32.0. The lowest BCUT2D eigenvalue weighted by Gasteiger charge is -2.22. The number of nitrogens with zero attached hydrogens (tertiary/aromatic N) is 2. The minimum absolute atomic E-state index is 0.0611. The van der Waals surface area contributed by atoms with E-state index in [4.69, 9.17) is 4.98 Å². The van der Waals surface area contributed by atoms with Crippen LogP contribution in [0.2, 0.25) is 0 Å². The number of hydrogen-bond acceptors (Lipinski definition) is 1. The molecule has 0 unspecified atom stereocenters. The summed E-state index contributed by atoms with van der Waals surface area (Å²) in [5.41, 5.74) is 14.5. The first kappa shape index (κ1) is 27.2. The van der Waals surface area contributed by atoms with Gasteiger partial charge < -0.3 is 4.57 Å². The molecule has 0 radical (unpaired) electrons. The summed E-state index contributed by atoms with van der Waals surface area (Å²) in [5, 5.41) is 6.19. The van der Waals surface area contributed by atoms with Crippen molar-refractivity contribution in [3.63, 3.8) is 0 Å². The second-order valence-electron chi connectivity index (χ2n) is 13.6. The molecule has 0 N–H and O–H groups in total. The van der Waals surface area contributed by atoms with Gasteiger partial charge in [0.2, 0.25) is 0 Å². The van der Waals surface area contributed by atoms with Crippen LogP contribution in [0, 0.1) is 0 Å². The zero-order valence-corrected chi connectivity index (χ0v) is 26.9. The third-order valence-electron chi connectivity index (χ3n) is 10.6. The fourth-order valence-electron chi connectivity index (χ4n) is 8.24. The van der Waals surface area contributed by atoms with Gasteiger partial charge in [0.15, 0.2) is 0 Å². The van der Waals surface area contributed by atoms with E-state index in [1.165, 1.54) is 71.3 Å². The zero-order valence-electron chi connectivity index (χ0n) is 26.9. The number of hydrogen-bond donors (Lipinski definition) is 0. The van der Waals surface area contributed by atoms with Crippen molar-refractivity contribution in [2.24, 2.45) is 0 Å². The summed E-state index contributed by atoms with van der Waals surface area (Å²) in [7, 11) is 0. The SMILES string of the molecule is CC1(C)c2ccccc2-c2ccc(-c3cc(-c4ccc5c(c4)c4c6ccccc6ccc4n5-c4ccccc4)nc4ccccc34)cc21. The summed E-state index contributed by atoms with van der Waals surface area (Å²) in [6, 6.07) is 57.5. The number of aromatic nitrogens is 2. The Kier molecular flexibility index (Phi) is 5.66. The van der Waals surface area contributed by atoms with Crippen LogP contribution in [0.5, 0.6) is 0 Å². The van der Waals surface area contributed by atoms with E-state index in [-0.39, 0.29) is 5.41 Å². The normalized spacial score (nSPS) is 13.4. The van der Waals surface area contributed by atoms with Crippen LogP contribution in [0.1, 0.15) is 25.0 Å². The maximum Gasteiger partial charge on any atom is 0.0716 e. The third kappa shape index (κ3) is 3.83. The van der Waals surface area contributed by atoms with Gasteiger partial charge in [0, 0.05) is 32.8 Å². The summed E-state index contributed by atoms with van der Waals surface area (Å²) >= 11 is 0. The van der Waals surface area contributed by atoms with Crippen LogP contribution in [-0.4, -0.2) is 9.55 Å². The third-order valence-corrected chi connectivity index (χ3v) is 10.6. The molecule has 2 heteroatoms. The van der Waals surface area contributed by atoms with Crippen LogP contribution in [0.15, 0.2) is 158 Å². The fourth-order valence-corrected chi connectivity index (χ4v) is 8.24. The number of fused-ring (bicyclic) bond motifs is 9. The fraction of sp³-hybridized carbons (Fsp3) is 0.0652. The predicted octanol–water partition coefficient (Wildman–Crippen LogP) is 12.1. The molecule has 2 nitrogen and oxygen atoms in total. The van der Waals surface area contributed by atoms with Crippen LogP contribution in [-0.2, 0) is 5.41 Å². The molecule has 0 saturated heterocycles. The largest absolute Gasteiger partial charge is 0.309 e. The first-order chi connectivity index (χ1) is 23.6. The minimum Gasteiger partial charge on any atom is -0.309 e. The van der Waals surface area contributed by atoms with Crippen LogP contribution in [0.3, 0.4) is 0 Å². The van der Waals surface area contributed by atoms with Gasteiger partial charge in [0.05, 0.1) is 22.2 Å². The number of benzene rings is 7. The molecule has 48 heavy (non-hydrogen) atoms. The standard InChI is InChI=1S/C46H32N2/c1-46(2)39-18-10-8-16-34(39)35-23-20-30(27-40(35)46)37-28-42(47-41-19-11-9-17-36(37)41)31-22-24-43-38(26-31)45-33-15-7-6-12-29(33)21-25-44(45)48(43)32-13-4-3-5-14-32/h3-28H,1-2H3. The number of rotatable bonds is 3. The molecule has 0 saturated carbocycles. The molecule has 7 aromatic carbocycles. The maximum atomic E-state index is 5.27. The van der Waals surface area contributed by atoms with E-state index in [0.717, 1.165) is 22.5 Å². The lowest BCUT2D eigenvalue weighted by atomic mass is 9.81. The van der Waals surface area contributed by atoms with Crippen molar-refractivity contribution < 1.29 is 0 Å². The molecule has 1 aliphatic rings. The van der Waals surface area contributed by atoms with Crippen molar-refractivity contribution >= 4 is 43.5 Å². The summed E-state index contributed by atoms with van der Waals surface area (Å²) in [6.45, 7) is 4.70. The van der Waals surface area contributed by atoms with Gasteiger partial charge in [-0.25, -0.2) is 4.98 Å². The molecule has 2 aromatic heterocycles. The quantitative estimate of drug-likeness (QED) is 0.194. The van der Waals surface area contributed by atoms with Gasteiger partial charge in [0.1, 0.15) is 0 Å². The Balaban J connectivity index is 1.21. The van der Waals surface area contributed by atoms with Crippen molar-refractivity contribution in [2.75, 3.05) is 0 Å². The smallest absolute Gasteiger partial charge is 0.0716 e. The Bertz CT molecular complexity index is 2750. The summed E-state index contributed by atoms with van der Waals surface area (Å²) in [6.07, 6.45) is 0. The van der Waals surface area contributed by atoms with E-state index in [2.05, 4.69) is 176 Å². The Hall–Kier alpha value is -5.99. The molecule has 0 atom stereocenters. The Labute approximate surface area is 279 Å². The second-order valence-corrected chi connectivity index (χ2v) is 13.6. The van der Waals surface area contributed by atoms with Crippen molar-refractivity contribution in [1.82, 2.24) is 9.55 Å². The molecule has 9 aromatic rings. The highest BCUT2D eigenvalue weighted by Crippen LogP contribution is 2.50. The van der Waals surface area contributed by atoms with Gasteiger partial charge in [-0.05, 0) is 92.7 Å². The topological polar surface area (TPSA) is 17.8 Å². The second kappa shape index (κ2) is 10.0. The first-order valence-corrected chi connectivity index (χ1v) is 16.7. The minimum atomic E-state index is -0.0611. The van der Waals surface area contributed by atoms with E-state index in [1.54, 1.807) is 0 Å². The molecule has 226 valence electrons. The average Bonchev–Trinajstić information content (AvgIpc) is 3.60. The van der Waals surface area contributed by atoms with Gasteiger partial charge in [-0.1, -0.05) is 123 Å². The molecule has 0 aliphatic heterocycles. The maximum absolute atomic E-state index is 5.27. The Morgan fingerprint density at radius 3 is 2.08 bits per heavy atom. The van der Waals surface area contributed by atoms with Gasteiger partial charge in [-0.15, -0.1) is 0 Å². The van der Waals surface area contributed by atoms with Crippen molar-refractivity contribution in [3.05, 3.63) is 169 Å². The molecule has 0 fully saturated rings. The molecule has 1 aliphatic carbocycles. The number of para-hydroxylation sites is 2.